The van der Waals surface area contributed by atoms with Gasteiger partial charge >= 0.3 is 5.97 Å². The van der Waals surface area contributed by atoms with E-state index in [0.29, 0.717) is 18.0 Å². The zero-order valence-electron chi connectivity index (χ0n) is 13.0. The van der Waals surface area contributed by atoms with Crippen molar-refractivity contribution in [3.8, 4) is 11.5 Å². The highest BCUT2D eigenvalue weighted by Crippen LogP contribution is 2.33. The minimum atomic E-state index is -0.352. The molecule has 6 heteroatoms. The van der Waals surface area contributed by atoms with Crippen LogP contribution in [0.15, 0.2) is 16.6 Å². The molecule has 0 aliphatic carbocycles. The van der Waals surface area contributed by atoms with E-state index in [4.69, 9.17) is 14.2 Å². The number of rotatable bonds is 7. The van der Waals surface area contributed by atoms with Gasteiger partial charge in [-0.1, -0.05) is 29.8 Å². The molecule has 1 aromatic rings. The summed E-state index contributed by atoms with van der Waals surface area (Å²) in [5, 5.41) is 3.21. The quantitative estimate of drug-likeness (QED) is 0.758. The fourth-order valence-corrected chi connectivity index (χ4v) is 2.43. The van der Waals surface area contributed by atoms with E-state index in [9.17, 15) is 4.79 Å². The molecule has 0 heterocycles. The Hall–Kier alpha value is -1.27. The number of nitrogens with one attached hydrogen (secondary N) is 1. The highest BCUT2D eigenvalue weighted by atomic mass is 79.9. The second kappa shape index (κ2) is 8.24. The molecule has 5 nitrogen and oxygen atoms in total. The molecule has 1 N–H and O–H groups in total. The van der Waals surface area contributed by atoms with Crippen molar-refractivity contribution in [2.45, 2.75) is 26.4 Å². The maximum absolute atomic E-state index is 11.7. The van der Waals surface area contributed by atoms with Gasteiger partial charge in [0.1, 0.15) is 6.04 Å². The van der Waals surface area contributed by atoms with Crippen LogP contribution in [0.3, 0.4) is 0 Å². The summed E-state index contributed by atoms with van der Waals surface area (Å²) in [5.74, 6) is 1.18. The van der Waals surface area contributed by atoms with Gasteiger partial charge in [0.2, 0.25) is 0 Å². The van der Waals surface area contributed by atoms with E-state index < -0.39 is 0 Å². The molecule has 0 aromatic heterocycles. The molecule has 1 rings (SSSR count). The van der Waals surface area contributed by atoms with Gasteiger partial charge in [-0.2, -0.15) is 0 Å². The third-order valence-corrected chi connectivity index (χ3v) is 3.93. The predicted octanol–water partition coefficient (Wildman–Crippen LogP) is 2.75. The first kappa shape index (κ1) is 17.8. The molecular formula is C15H22BrNO4. The molecule has 1 aromatic carbocycles. The summed E-state index contributed by atoms with van der Waals surface area (Å²) in [6.45, 7) is 4.45. The van der Waals surface area contributed by atoms with E-state index in [-0.39, 0.29) is 17.9 Å². The third-order valence-electron chi connectivity index (χ3n) is 3.19. The van der Waals surface area contributed by atoms with Gasteiger partial charge in [0, 0.05) is 11.0 Å². The zero-order chi connectivity index (χ0) is 16.0. The second-order valence-electron chi connectivity index (χ2n) is 4.92. The first-order chi connectivity index (χ1) is 9.94. The summed E-state index contributed by atoms with van der Waals surface area (Å²) < 4.78 is 16.2. The van der Waals surface area contributed by atoms with Crippen molar-refractivity contribution in [1.82, 2.24) is 5.32 Å². The number of methoxy groups -OCH3 is 3. The van der Waals surface area contributed by atoms with E-state index in [2.05, 4.69) is 21.2 Å². The van der Waals surface area contributed by atoms with Gasteiger partial charge in [0.25, 0.3) is 0 Å². The van der Waals surface area contributed by atoms with Crippen LogP contribution in [0.1, 0.15) is 19.4 Å². The zero-order valence-corrected chi connectivity index (χ0v) is 14.6. The molecular weight excluding hydrogens is 338 g/mol. The van der Waals surface area contributed by atoms with Gasteiger partial charge in [-0.3, -0.25) is 4.79 Å². The smallest absolute Gasteiger partial charge is 0.323 e. The molecule has 0 amide bonds. The fraction of sp³-hybridized carbons (Fsp3) is 0.533. The van der Waals surface area contributed by atoms with Crippen molar-refractivity contribution in [2.24, 2.45) is 5.92 Å². The van der Waals surface area contributed by atoms with Crippen molar-refractivity contribution < 1.29 is 19.0 Å². The number of carbonyl (C=O) groups excluding carboxylic acids is 1. The van der Waals surface area contributed by atoms with Crippen molar-refractivity contribution in [3.63, 3.8) is 0 Å². The number of hydrogen-bond acceptors (Lipinski definition) is 5. The molecule has 0 radical (unpaired) electrons. The van der Waals surface area contributed by atoms with E-state index in [1.807, 2.05) is 26.0 Å². The minimum Gasteiger partial charge on any atom is -0.493 e. The van der Waals surface area contributed by atoms with Crippen LogP contribution in [0.2, 0.25) is 0 Å². The average molecular weight is 360 g/mol. The summed E-state index contributed by atoms with van der Waals surface area (Å²) in [7, 11) is 4.58. The van der Waals surface area contributed by atoms with Crippen LogP contribution in [0.5, 0.6) is 11.5 Å². The molecule has 0 bridgehead atoms. The molecule has 118 valence electrons. The maximum Gasteiger partial charge on any atom is 0.323 e. The molecule has 1 atom stereocenters. The maximum atomic E-state index is 11.7. The molecule has 0 spiro atoms. The van der Waals surface area contributed by atoms with Crippen LogP contribution in [0.4, 0.5) is 0 Å². The minimum absolute atomic E-state index is 0.136. The Kier molecular flexibility index (Phi) is 6.98. The monoisotopic (exact) mass is 359 g/mol. The lowest BCUT2D eigenvalue weighted by atomic mass is 10.0. The Labute approximate surface area is 134 Å². The number of benzene rings is 1. The van der Waals surface area contributed by atoms with E-state index in [1.165, 1.54) is 7.11 Å². The van der Waals surface area contributed by atoms with Crippen LogP contribution >= 0.6 is 15.9 Å². The Morgan fingerprint density at radius 3 is 2.24 bits per heavy atom. The molecule has 21 heavy (non-hydrogen) atoms. The normalized spacial score (nSPS) is 12.1. The van der Waals surface area contributed by atoms with E-state index >= 15 is 0 Å². The molecule has 0 fully saturated rings. The topological polar surface area (TPSA) is 56.8 Å². The molecule has 0 saturated carbocycles. The van der Waals surface area contributed by atoms with Gasteiger partial charge in [0.05, 0.1) is 21.3 Å². The van der Waals surface area contributed by atoms with Crippen LogP contribution in [-0.4, -0.2) is 33.3 Å². The Balaban J connectivity index is 2.89. The fourth-order valence-electron chi connectivity index (χ4n) is 1.97. The summed E-state index contributed by atoms with van der Waals surface area (Å²) in [5.41, 5.74) is 0.974. The lowest BCUT2D eigenvalue weighted by Crippen LogP contribution is -2.41. The van der Waals surface area contributed by atoms with Crippen LogP contribution in [0, 0.1) is 5.92 Å². The van der Waals surface area contributed by atoms with E-state index in [1.54, 1.807) is 14.2 Å². The average Bonchev–Trinajstić information content (AvgIpc) is 2.47. The Morgan fingerprint density at radius 2 is 1.76 bits per heavy atom. The molecule has 0 aliphatic rings. The number of ether oxygens (including phenoxy) is 3. The highest BCUT2D eigenvalue weighted by molar-refractivity contribution is 9.10. The molecule has 0 aliphatic heterocycles. The van der Waals surface area contributed by atoms with Crippen molar-refractivity contribution in [1.29, 1.82) is 0 Å². The lowest BCUT2D eigenvalue weighted by Gasteiger charge is -2.20. The number of halogens is 1. The van der Waals surface area contributed by atoms with Crippen molar-refractivity contribution >= 4 is 21.9 Å². The van der Waals surface area contributed by atoms with Crippen LogP contribution < -0.4 is 14.8 Å². The lowest BCUT2D eigenvalue weighted by molar-refractivity contribution is -0.144. The summed E-state index contributed by atoms with van der Waals surface area (Å²) in [4.78, 5) is 11.7. The summed E-state index contributed by atoms with van der Waals surface area (Å²) in [6.07, 6.45) is 0. The molecule has 1 unspecified atom stereocenters. The Bertz CT molecular complexity index is 491. The number of carbonyl (C=O) groups is 1. The number of hydrogen-bond donors (Lipinski definition) is 1. The van der Waals surface area contributed by atoms with E-state index in [0.717, 1.165) is 10.0 Å². The largest absolute Gasteiger partial charge is 0.493 e. The van der Waals surface area contributed by atoms with Crippen molar-refractivity contribution in [2.75, 3.05) is 21.3 Å². The van der Waals surface area contributed by atoms with Gasteiger partial charge < -0.3 is 19.5 Å². The summed E-state index contributed by atoms with van der Waals surface area (Å²) in [6, 6.07) is 3.37. The highest BCUT2D eigenvalue weighted by Gasteiger charge is 2.22. The third kappa shape index (κ3) is 4.61. The van der Waals surface area contributed by atoms with Gasteiger partial charge in [-0.05, 0) is 23.6 Å². The van der Waals surface area contributed by atoms with Crippen molar-refractivity contribution in [3.05, 3.63) is 22.2 Å². The van der Waals surface area contributed by atoms with Gasteiger partial charge in [-0.15, -0.1) is 0 Å². The second-order valence-corrected chi connectivity index (χ2v) is 5.78. The first-order valence-electron chi connectivity index (χ1n) is 6.66. The summed E-state index contributed by atoms with van der Waals surface area (Å²) >= 11 is 3.50. The molecule has 0 saturated heterocycles. The van der Waals surface area contributed by atoms with Crippen LogP contribution in [0.25, 0.3) is 0 Å². The van der Waals surface area contributed by atoms with Gasteiger partial charge in [-0.25, -0.2) is 0 Å². The SMILES string of the molecule is COC(=O)C(NCc1cc(OC)c(OC)cc1Br)C(C)C. The van der Waals surface area contributed by atoms with Crippen LogP contribution in [-0.2, 0) is 16.1 Å². The number of esters is 1. The standard InChI is InChI=1S/C15H22BrNO4/c1-9(2)14(15(18)21-5)17-8-10-6-12(19-3)13(20-4)7-11(10)16/h6-7,9,14,17H,8H2,1-5H3. The first-order valence-corrected chi connectivity index (χ1v) is 7.45. The van der Waals surface area contributed by atoms with Gasteiger partial charge in [0.15, 0.2) is 11.5 Å². The predicted molar refractivity (Wildman–Crippen MR) is 84.7 cm³/mol. The Morgan fingerprint density at radius 1 is 1.19 bits per heavy atom.